The monoisotopic (exact) mass is 211 g/mol. The van der Waals surface area contributed by atoms with Crippen molar-refractivity contribution in [3.63, 3.8) is 0 Å². The zero-order valence-corrected chi connectivity index (χ0v) is 8.39. The molecule has 2 aromatic carbocycles. The van der Waals surface area contributed by atoms with Crippen LogP contribution in [0.25, 0.3) is 16.6 Å². The van der Waals surface area contributed by atoms with Gasteiger partial charge >= 0.3 is 0 Å². The van der Waals surface area contributed by atoms with Crippen molar-refractivity contribution in [3.8, 4) is 5.69 Å². The molecule has 1 heterocycles. The van der Waals surface area contributed by atoms with Gasteiger partial charge in [-0.2, -0.15) is 5.10 Å². The van der Waals surface area contributed by atoms with Crippen molar-refractivity contribution in [2.75, 3.05) is 0 Å². The molecule has 0 atom stereocenters. The van der Waals surface area contributed by atoms with Gasteiger partial charge in [0.05, 0.1) is 17.4 Å². The predicted octanol–water partition coefficient (Wildman–Crippen LogP) is 2.96. The van der Waals surface area contributed by atoms with Crippen LogP contribution in [-0.4, -0.2) is 9.78 Å². The van der Waals surface area contributed by atoms with Crippen LogP contribution >= 0.6 is 0 Å². The number of aromatic nitrogens is 2. The molecule has 3 rings (SSSR count). The van der Waals surface area contributed by atoms with Gasteiger partial charge in [-0.05, 0) is 30.3 Å². The molecule has 0 aliphatic heterocycles. The lowest BCUT2D eigenvalue weighted by molar-refractivity contribution is 0.626. The molecule has 3 heteroatoms. The average molecular weight is 211 g/mol. The molecule has 77 valence electrons. The first-order valence-corrected chi connectivity index (χ1v) is 4.94. The van der Waals surface area contributed by atoms with Crippen molar-refractivity contribution < 1.29 is 4.39 Å². The predicted molar refractivity (Wildman–Crippen MR) is 59.9 cm³/mol. The lowest BCUT2D eigenvalue weighted by Gasteiger charge is -2.02. The molecule has 2 nitrogen and oxygen atoms in total. The van der Waals surface area contributed by atoms with Crippen LogP contribution in [0.4, 0.5) is 4.39 Å². The number of hydrogen-bond acceptors (Lipinski definition) is 1. The first kappa shape index (κ1) is 9.09. The Bertz CT molecular complexity index is 643. The summed E-state index contributed by atoms with van der Waals surface area (Å²) in [7, 11) is 0. The Labute approximate surface area is 91.9 Å². The molecule has 0 amide bonds. The van der Waals surface area contributed by atoms with E-state index in [1.54, 1.807) is 16.9 Å². The number of halogens is 1. The maximum absolute atomic E-state index is 13.1. The van der Waals surface area contributed by atoms with E-state index in [1.165, 1.54) is 12.1 Å². The van der Waals surface area contributed by atoms with Crippen molar-refractivity contribution in [1.29, 1.82) is 0 Å². The van der Waals surface area contributed by atoms with Gasteiger partial charge in [-0.3, -0.25) is 0 Å². The lowest BCUT2D eigenvalue weighted by atomic mass is 10.2. The molecule has 0 aliphatic carbocycles. The molecule has 16 heavy (non-hydrogen) atoms. The maximum atomic E-state index is 13.1. The highest BCUT2D eigenvalue weighted by Crippen LogP contribution is 2.17. The maximum Gasteiger partial charge on any atom is 0.125 e. The second kappa shape index (κ2) is 3.45. The van der Waals surface area contributed by atoms with Crippen molar-refractivity contribution in [3.05, 3.63) is 60.5 Å². The summed E-state index contributed by atoms with van der Waals surface area (Å²) in [5, 5.41) is 5.25. The fourth-order valence-corrected chi connectivity index (χ4v) is 1.72. The second-order valence-corrected chi connectivity index (χ2v) is 3.52. The van der Waals surface area contributed by atoms with E-state index in [2.05, 4.69) is 11.2 Å². The van der Waals surface area contributed by atoms with Crippen LogP contribution in [-0.2, 0) is 0 Å². The summed E-state index contributed by atoms with van der Waals surface area (Å²) >= 11 is 0. The molecule has 0 fully saturated rings. The highest BCUT2D eigenvalue weighted by Gasteiger charge is 2.04. The molecule has 3 aromatic rings. The van der Waals surface area contributed by atoms with Gasteiger partial charge in [0.25, 0.3) is 0 Å². The van der Waals surface area contributed by atoms with Crippen LogP contribution in [0.15, 0.2) is 48.7 Å². The number of rotatable bonds is 1. The number of benzene rings is 2. The minimum atomic E-state index is -0.263. The molecular weight excluding hydrogens is 203 g/mol. The molecule has 0 bridgehead atoms. The van der Waals surface area contributed by atoms with Gasteiger partial charge < -0.3 is 0 Å². The fourth-order valence-electron chi connectivity index (χ4n) is 1.72. The van der Waals surface area contributed by atoms with Crippen molar-refractivity contribution >= 4 is 10.9 Å². The molecule has 0 N–H and O–H groups in total. The Morgan fingerprint density at radius 2 is 2.19 bits per heavy atom. The summed E-state index contributed by atoms with van der Waals surface area (Å²) in [6.07, 6.45) is 1.76. The minimum absolute atomic E-state index is 0.263. The van der Waals surface area contributed by atoms with Gasteiger partial charge in [0.15, 0.2) is 0 Å². The van der Waals surface area contributed by atoms with E-state index in [-0.39, 0.29) is 5.82 Å². The van der Waals surface area contributed by atoms with Crippen LogP contribution in [0.1, 0.15) is 0 Å². The first-order chi connectivity index (χ1) is 7.84. The third-order valence-corrected chi connectivity index (χ3v) is 2.47. The summed E-state index contributed by atoms with van der Waals surface area (Å²) < 4.78 is 14.8. The van der Waals surface area contributed by atoms with Crippen molar-refractivity contribution in [1.82, 2.24) is 9.78 Å². The zero-order valence-electron chi connectivity index (χ0n) is 8.39. The summed E-state index contributed by atoms with van der Waals surface area (Å²) in [6.45, 7) is 0. The first-order valence-electron chi connectivity index (χ1n) is 4.94. The summed E-state index contributed by atoms with van der Waals surface area (Å²) in [5.41, 5.74) is 1.64. The Balaban J connectivity index is 2.26. The minimum Gasteiger partial charge on any atom is -0.233 e. The van der Waals surface area contributed by atoms with E-state index < -0.39 is 0 Å². The molecule has 0 spiro atoms. The van der Waals surface area contributed by atoms with E-state index in [0.717, 1.165) is 16.6 Å². The highest BCUT2D eigenvalue weighted by molar-refractivity contribution is 5.79. The Morgan fingerprint density at radius 3 is 3.06 bits per heavy atom. The Kier molecular flexibility index (Phi) is 1.96. The van der Waals surface area contributed by atoms with Crippen molar-refractivity contribution in [2.45, 2.75) is 0 Å². The summed E-state index contributed by atoms with van der Waals surface area (Å²) in [6, 6.07) is 15.0. The molecule has 0 unspecified atom stereocenters. The summed E-state index contributed by atoms with van der Waals surface area (Å²) in [4.78, 5) is 0. The van der Waals surface area contributed by atoms with Crippen LogP contribution in [0.2, 0.25) is 0 Å². The normalized spacial score (nSPS) is 10.8. The van der Waals surface area contributed by atoms with Crippen LogP contribution in [0.5, 0.6) is 0 Å². The third kappa shape index (κ3) is 1.37. The summed E-state index contributed by atoms with van der Waals surface area (Å²) in [5.74, 6) is -0.263. The standard InChI is InChI=1S/C13H8FN2/c14-11-5-3-6-12(8-11)16-13-7-2-1-4-10(13)9-15-16/h1,3-9H. The van der Waals surface area contributed by atoms with Gasteiger partial charge in [0, 0.05) is 5.39 Å². The third-order valence-electron chi connectivity index (χ3n) is 2.47. The number of nitrogens with zero attached hydrogens (tertiary/aromatic N) is 2. The van der Waals surface area contributed by atoms with Gasteiger partial charge in [0.2, 0.25) is 0 Å². The SMILES string of the molecule is Fc1cccc(-n2ncc3cc[c]cc32)c1. The molecule has 0 saturated heterocycles. The highest BCUT2D eigenvalue weighted by atomic mass is 19.1. The smallest absolute Gasteiger partial charge is 0.125 e. The fraction of sp³-hybridized carbons (Fsp3) is 0. The molecule has 0 saturated carbocycles. The van der Waals surface area contributed by atoms with Gasteiger partial charge in [-0.1, -0.05) is 18.2 Å². The Morgan fingerprint density at radius 1 is 1.25 bits per heavy atom. The van der Waals surface area contributed by atoms with Gasteiger partial charge in [-0.25, -0.2) is 9.07 Å². The Hall–Kier alpha value is -2.16. The molecule has 0 aliphatic rings. The van der Waals surface area contributed by atoms with E-state index in [0.29, 0.717) is 0 Å². The van der Waals surface area contributed by atoms with Crippen LogP contribution in [0, 0.1) is 11.9 Å². The average Bonchev–Trinajstić information content (AvgIpc) is 2.72. The zero-order chi connectivity index (χ0) is 11.0. The second-order valence-electron chi connectivity index (χ2n) is 3.52. The lowest BCUT2D eigenvalue weighted by Crippen LogP contribution is -1.95. The topological polar surface area (TPSA) is 17.8 Å². The van der Waals surface area contributed by atoms with Crippen LogP contribution in [0.3, 0.4) is 0 Å². The van der Waals surface area contributed by atoms with E-state index >= 15 is 0 Å². The molecular formula is C13H8FN2. The largest absolute Gasteiger partial charge is 0.233 e. The van der Waals surface area contributed by atoms with E-state index in [4.69, 9.17) is 0 Å². The van der Waals surface area contributed by atoms with Gasteiger partial charge in [-0.15, -0.1) is 0 Å². The van der Waals surface area contributed by atoms with Crippen molar-refractivity contribution in [2.24, 2.45) is 0 Å². The van der Waals surface area contributed by atoms with E-state index in [9.17, 15) is 4.39 Å². The molecule has 1 aromatic heterocycles. The number of fused-ring (bicyclic) bond motifs is 1. The van der Waals surface area contributed by atoms with Gasteiger partial charge in [0.1, 0.15) is 5.82 Å². The number of hydrogen-bond donors (Lipinski definition) is 0. The van der Waals surface area contributed by atoms with Crippen LogP contribution < -0.4 is 0 Å². The molecule has 1 radical (unpaired) electrons. The quantitative estimate of drug-likeness (QED) is 0.605. The van der Waals surface area contributed by atoms with E-state index in [1.807, 2.05) is 24.3 Å².